The minimum atomic E-state index is -0.726. The third kappa shape index (κ3) is 5.26. The Morgan fingerprint density at radius 1 is 1.28 bits per heavy atom. The number of amides is 1. The number of nitrogens with one attached hydrogen (secondary N) is 1. The first-order valence-corrected chi connectivity index (χ1v) is 9.42. The molecule has 0 spiro atoms. The molecule has 29 heavy (non-hydrogen) atoms. The standard InChI is InChI=1S/C20H28N4O5/c1-5-8-24-18(21)17(19(26)22-20(24)27)23(9-10-28-4)16(25)12-29-15-11-13(2)6-7-14(15)3/h6-7,11H,5,8-10,12,21H2,1-4H3,(H,22,26,27). The van der Waals surface area contributed by atoms with Crippen molar-refractivity contribution in [2.75, 3.05) is 37.5 Å². The molecule has 0 atom stereocenters. The monoisotopic (exact) mass is 404 g/mol. The SMILES string of the molecule is CCCn1c(N)c(N(CCOC)C(=O)COc2cc(C)ccc2C)c(=O)[nH]c1=O. The first-order valence-electron chi connectivity index (χ1n) is 9.42. The number of H-pyrrole nitrogens is 1. The van der Waals surface area contributed by atoms with Crippen LogP contribution in [0.25, 0.3) is 0 Å². The topological polar surface area (TPSA) is 120 Å². The normalized spacial score (nSPS) is 10.8. The Kier molecular flexibility index (Phi) is 7.60. The zero-order chi connectivity index (χ0) is 21.6. The summed E-state index contributed by atoms with van der Waals surface area (Å²) in [6.45, 7) is 5.98. The van der Waals surface area contributed by atoms with Gasteiger partial charge >= 0.3 is 5.69 Å². The zero-order valence-electron chi connectivity index (χ0n) is 17.3. The quantitative estimate of drug-likeness (QED) is 0.648. The maximum Gasteiger partial charge on any atom is 0.330 e. The zero-order valence-corrected chi connectivity index (χ0v) is 17.3. The van der Waals surface area contributed by atoms with Gasteiger partial charge in [0.05, 0.1) is 6.61 Å². The first kappa shape index (κ1) is 22.2. The highest BCUT2D eigenvalue weighted by molar-refractivity contribution is 5.96. The van der Waals surface area contributed by atoms with Crippen LogP contribution in [0.5, 0.6) is 5.75 Å². The summed E-state index contributed by atoms with van der Waals surface area (Å²) in [5.74, 6) is 0.0570. The van der Waals surface area contributed by atoms with E-state index in [0.29, 0.717) is 18.7 Å². The van der Waals surface area contributed by atoms with Crippen molar-refractivity contribution in [1.29, 1.82) is 0 Å². The van der Waals surface area contributed by atoms with Gasteiger partial charge < -0.3 is 15.2 Å². The van der Waals surface area contributed by atoms with E-state index < -0.39 is 17.2 Å². The first-order chi connectivity index (χ1) is 13.8. The molecule has 1 aromatic carbocycles. The maximum atomic E-state index is 12.9. The van der Waals surface area contributed by atoms with E-state index in [-0.39, 0.29) is 31.3 Å². The summed E-state index contributed by atoms with van der Waals surface area (Å²) < 4.78 is 12.0. The minimum Gasteiger partial charge on any atom is -0.483 e. The number of methoxy groups -OCH3 is 1. The number of aryl methyl sites for hydroxylation is 2. The summed E-state index contributed by atoms with van der Waals surface area (Å²) in [5, 5.41) is 0. The molecule has 2 aromatic rings. The Morgan fingerprint density at radius 2 is 2.00 bits per heavy atom. The Morgan fingerprint density at radius 3 is 2.66 bits per heavy atom. The lowest BCUT2D eigenvalue weighted by Crippen LogP contribution is -2.44. The Bertz CT molecular complexity index is 980. The van der Waals surface area contributed by atoms with Crippen LogP contribution in [0.2, 0.25) is 0 Å². The van der Waals surface area contributed by atoms with Crippen LogP contribution in [0.3, 0.4) is 0 Å². The van der Waals surface area contributed by atoms with Crippen LogP contribution in [-0.2, 0) is 16.1 Å². The molecule has 9 heteroatoms. The van der Waals surface area contributed by atoms with Crippen LogP contribution in [0.4, 0.5) is 11.5 Å². The van der Waals surface area contributed by atoms with Gasteiger partial charge in [0.1, 0.15) is 11.6 Å². The minimum absolute atomic E-state index is 0.0585. The molecule has 0 unspecified atom stereocenters. The molecular weight excluding hydrogens is 376 g/mol. The van der Waals surface area contributed by atoms with Crippen molar-refractivity contribution >= 4 is 17.4 Å². The van der Waals surface area contributed by atoms with E-state index in [1.165, 1.54) is 16.6 Å². The number of nitrogens with zero attached hydrogens (tertiary/aromatic N) is 2. The van der Waals surface area contributed by atoms with Gasteiger partial charge in [0, 0.05) is 20.2 Å². The summed E-state index contributed by atoms with van der Waals surface area (Å²) in [4.78, 5) is 40.9. The summed E-state index contributed by atoms with van der Waals surface area (Å²) in [7, 11) is 1.49. The highest BCUT2D eigenvalue weighted by Crippen LogP contribution is 2.21. The molecule has 0 aliphatic heterocycles. The van der Waals surface area contributed by atoms with Gasteiger partial charge in [0.25, 0.3) is 11.5 Å². The van der Waals surface area contributed by atoms with Crippen molar-refractivity contribution in [2.24, 2.45) is 0 Å². The molecule has 0 saturated heterocycles. The van der Waals surface area contributed by atoms with E-state index in [4.69, 9.17) is 15.2 Å². The number of nitrogen functional groups attached to an aromatic ring is 1. The van der Waals surface area contributed by atoms with Gasteiger partial charge in [0.2, 0.25) is 0 Å². The molecule has 0 fully saturated rings. The van der Waals surface area contributed by atoms with Gasteiger partial charge in [-0.25, -0.2) is 4.79 Å². The van der Waals surface area contributed by atoms with Gasteiger partial charge in [-0.15, -0.1) is 0 Å². The Labute approximate surface area is 169 Å². The van der Waals surface area contributed by atoms with Crippen LogP contribution >= 0.6 is 0 Å². The van der Waals surface area contributed by atoms with E-state index in [9.17, 15) is 14.4 Å². The van der Waals surface area contributed by atoms with Crippen molar-refractivity contribution in [2.45, 2.75) is 33.7 Å². The van der Waals surface area contributed by atoms with Crippen molar-refractivity contribution < 1.29 is 14.3 Å². The van der Waals surface area contributed by atoms with Crippen LogP contribution in [0.1, 0.15) is 24.5 Å². The highest BCUT2D eigenvalue weighted by Gasteiger charge is 2.24. The van der Waals surface area contributed by atoms with E-state index in [2.05, 4.69) is 4.98 Å². The molecular formula is C20H28N4O5. The Hall–Kier alpha value is -3.07. The lowest BCUT2D eigenvalue weighted by atomic mass is 10.1. The fourth-order valence-corrected chi connectivity index (χ4v) is 2.91. The lowest BCUT2D eigenvalue weighted by molar-refractivity contribution is -0.120. The van der Waals surface area contributed by atoms with Crippen LogP contribution in [-0.4, -0.2) is 42.3 Å². The number of ether oxygens (including phenoxy) is 2. The number of rotatable bonds is 9. The predicted octanol–water partition coefficient (Wildman–Crippen LogP) is 1.20. The van der Waals surface area contributed by atoms with E-state index >= 15 is 0 Å². The second-order valence-electron chi connectivity index (χ2n) is 6.74. The number of nitrogens with two attached hydrogens (primary N) is 1. The molecule has 0 saturated carbocycles. The van der Waals surface area contributed by atoms with Crippen molar-refractivity contribution in [3.8, 4) is 5.75 Å². The largest absolute Gasteiger partial charge is 0.483 e. The van der Waals surface area contributed by atoms with Gasteiger partial charge in [0.15, 0.2) is 12.3 Å². The summed E-state index contributed by atoms with van der Waals surface area (Å²) >= 11 is 0. The molecule has 1 amide bonds. The van der Waals surface area contributed by atoms with Gasteiger partial charge in [-0.3, -0.25) is 24.0 Å². The average Bonchev–Trinajstić information content (AvgIpc) is 2.68. The lowest BCUT2D eigenvalue weighted by Gasteiger charge is -2.24. The smallest absolute Gasteiger partial charge is 0.330 e. The second-order valence-corrected chi connectivity index (χ2v) is 6.74. The third-order valence-electron chi connectivity index (χ3n) is 4.45. The summed E-state index contributed by atoms with van der Waals surface area (Å²) in [5.41, 5.74) is 6.58. The van der Waals surface area contributed by atoms with Crippen molar-refractivity contribution in [1.82, 2.24) is 9.55 Å². The molecule has 1 heterocycles. The van der Waals surface area contributed by atoms with E-state index in [1.807, 2.05) is 39.0 Å². The number of aromatic amines is 1. The molecule has 9 nitrogen and oxygen atoms in total. The Balaban J connectivity index is 2.37. The molecule has 0 bridgehead atoms. The summed E-state index contributed by atoms with van der Waals surface area (Å²) in [6.07, 6.45) is 0.636. The maximum absolute atomic E-state index is 12.9. The molecule has 1 aromatic heterocycles. The van der Waals surface area contributed by atoms with Gasteiger partial charge in [-0.1, -0.05) is 19.1 Å². The fraction of sp³-hybridized carbons (Fsp3) is 0.450. The molecule has 2 rings (SSSR count). The molecule has 0 aliphatic rings. The number of benzene rings is 1. The predicted molar refractivity (Wildman–Crippen MR) is 112 cm³/mol. The number of anilines is 2. The molecule has 3 N–H and O–H groups in total. The van der Waals surface area contributed by atoms with Crippen LogP contribution in [0.15, 0.2) is 27.8 Å². The van der Waals surface area contributed by atoms with Crippen molar-refractivity contribution in [3.63, 3.8) is 0 Å². The van der Waals surface area contributed by atoms with Crippen LogP contribution < -0.4 is 26.6 Å². The van der Waals surface area contributed by atoms with Gasteiger partial charge in [-0.05, 0) is 37.5 Å². The number of carbonyl (C=O) groups is 1. The average molecular weight is 404 g/mol. The molecule has 158 valence electrons. The number of hydrogen-bond acceptors (Lipinski definition) is 6. The molecule has 0 radical (unpaired) electrons. The van der Waals surface area contributed by atoms with Gasteiger partial charge in [-0.2, -0.15) is 0 Å². The van der Waals surface area contributed by atoms with E-state index in [0.717, 1.165) is 11.1 Å². The fourth-order valence-electron chi connectivity index (χ4n) is 2.91. The van der Waals surface area contributed by atoms with Crippen LogP contribution in [0, 0.1) is 13.8 Å². The van der Waals surface area contributed by atoms with Crippen molar-refractivity contribution in [3.05, 3.63) is 50.2 Å². The highest BCUT2D eigenvalue weighted by atomic mass is 16.5. The number of carbonyl (C=O) groups excluding carboxylic acids is 1. The third-order valence-corrected chi connectivity index (χ3v) is 4.45. The second kappa shape index (κ2) is 9.92. The number of hydrogen-bond donors (Lipinski definition) is 2. The van der Waals surface area contributed by atoms with E-state index in [1.54, 1.807) is 0 Å². The molecule has 0 aliphatic carbocycles. The number of aromatic nitrogens is 2. The summed E-state index contributed by atoms with van der Waals surface area (Å²) in [6, 6.07) is 5.69.